The van der Waals surface area contributed by atoms with Crippen molar-refractivity contribution in [3.05, 3.63) is 94.9 Å². The van der Waals surface area contributed by atoms with Gasteiger partial charge in [-0.15, -0.1) is 0 Å². The van der Waals surface area contributed by atoms with Gasteiger partial charge < -0.3 is 10.2 Å². The summed E-state index contributed by atoms with van der Waals surface area (Å²) in [6, 6.07) is 8.16. The van der Waals surface area contributed by atoms with Gasteiger partial charge in [-0.1, -0.05) is 68.0 Å². The van der Waals surface area contributed by atoms with Crippen LogP contribution in [0, 0.1) is 0 Å². The van der Waals surface area contributed by atoms with Crippen molar-refractivity contribution in [3.8, 4) is 0 Å². The molecule has 2 nitrogen and oxygen atoms in total. The molecule has 0 fully saturated rings. The van der Waals surface area contributed by atoms with Gasteiger partial charge in [0.15, 0.2) is 0 Å². The average molecular weight is 465 g/mol. The van der Waals surface area contributed by atoms with Crippen molar-refractivity contribution < 1.29 is 0 Å². The maximum absolute atomic E-state index is 3.91. The Morgan fingerprint density at radius 1 is 0.943 bits per heavy atom. The molecule has 0 aromatic heterocycles. The Balaban J connectivity index is 1.18. The summed E-state index contributed by atoms with van der Waals surface area (Å²) < 4.78 is 0. The molecule has 182 valence electrons. The molecule has 2 heteroatoms. The van der Waals surface area contributed by atoms with Gasteiger partial charge in [0.2, 0.25) is 0 Å². The molecule has 2 unspecified atom stereocenters. The van der Waals surface area contributed by atoms with E-state index >= 15 is 0 Å². The maximum atomic E-state index is 3.91. The largest absolute Gasteiger partial charge is 0.382 e. The van der Waals surface area contributed by atoms with Crippen molar-refractivity contribution in [3.63, 3.8) is 0 Å². The van der Waals surface area contributed by atoms with Gasteiger partial charge in [0, 0.05) is 28.5 Å². The molecular weight excluding hydrogens is 424 g/mol. The summed E-state index contributed by atoms with van der Waals surface area (Å²) in [5.74, 6) is 0. The topological polar surface area (TPSA) is 15.3 Å². The normalized spacial score (nSPS) is 26.7. The fourth-order valence-corrected chi connectivity index (χ4v) is 6.93. The van der Waals surface area contributed by atoms with E-state index in [0.717, 1.165) is 19.3 Å². The van der Waals surface area contributed by atoms with Crippen molar-refractivity contribution in [1.29, 1.82) is 0 Å². The fraction of sp³-hybridized carbons (Fsp3) is 0.455. The summed E-state index contributed by atoms with van der Waals surface area (Å²) in [5, 5.41) is 3.91. The van der Waals surface area contributed by atoms with E-state index in [0.29, 0.717) is 12.1 Å². The van der Waals surface area contributed by atoms with Gasteiger partial charge in [0.05, 0.1) is 6.04 Å². The molecule has 2 atom stereocenters. The third kappa shape index (κ3) is 4.26. The van der Waals surface area contributed by atoms with Crippen LogP contribution in [0.3, 0.4) is 0 Å². The van der Waals surface area contributed by atoms with Gasteiger partial charge >= 0.3 is 0 Å². The van der Waals surface area contributed by atoms with Gasteiger partial charge in [-0.3, -0.25) is 0 Å². The Bertz CT molecular complexity index is 1170. The zero-order valence-corrected chi connectivity index (χ0v) is 21.5. The number of nitrogens with one attached hydrogen (secondary N) is 1. The minimum Gasteiger partial charge on any atom is -0.382 e. The smallest absolute Gasteiger partial charge is 0.0515 e. The first kappa shape index (κ1) is 22.7. The van der Waals surface area contributed by atoms with Gasteiger partial charge in [-0.25, -0.2) is 0 Å². The van der Waals surface area contributed by atoms with E-state index in [2.05, 4.69) is 90.9 Å². The average Bonchev–Trinajstić information content (AvgIpc) is 3.13. The lowest BCUT2D eigenvalue weighted by Gasteiger charge is -2.40. The number of hydrogen-bond donors (Lipinski definition) is 1. The van der Waals surface area contributed by atoms with Gasteiger partial charge in [0.25, 0.3) is 0 Å². The molecule has 0 bridgehead atoms. The summed E-state index contributed by atoms with van der Waals surface area (Å²) >= 11 is 0. The summed E-state index contributed by atoms with van der Waals surface area (Å²) in [4.78, 5) is 2.69. The van der Waals surface area contributed by atoms with Crippen LogP contribution < -0.4 is 5.32 Å². The molecule has 0 amide bonds. The van der Waals surface area contributed by atoms with Crippen LogP contribution in [0.25, 0.3) is 5.57 Å². The number of benzene rings is 1. The van der Waals surface area contributed by atoms with Crippen LogP contribution in [-0.2, 0) is 5.41 Å². The third-order valence-corrected chi connectivity index (χ3v) is 8.84. The Labute approximate surface area is 211 Å². The number of hydrogen-bond acceptors (Lipinski definition) is 2. The van der Waals surface area contributed by atoms with Crippen molar-refractivity contribution in [2.24, 2.45) is 0 Å². The minimum atomic E-state index is 0.142. The number of allylic oxidation sites excluding steroid dienone is 10. The van der Waals surface area contributed by atoms with E-state index in [1.165, 1.54) is 73.0 Å². The van der Waals surface area contributed by atoms with Crippen molar-refractivity contribution in [1.82, 2.24) is 4.90 Å². The predicted octanol–water partition coefficient (Wildman–Crippen LogP) is 8.57. The molecule has 35 heavy (non-hydrogen) atoms. The molecule has 0 radical (unpaired) electrons. The molecular formula is C33H40N2. The molecule has 0 heterocycles. The van der Waals surface area contributed by atoms with Crippen LogP contribution in [0.5, 0.6) is 0 Å². The fourth-order valence-electron chi connectivity index (χ4n) is 6.93. The Kier molecular flexibility index (Phi) is 6.08. The number of fused-ring (bicyclic) bond motifs is 2. The van der Waals surface area contributed by atoms with Crippen LogP contribution in [0.15, 0.2) is 83.8 Å². The van der Waals surface area contributed by atoms with Crippen LogP contribution in [0.1, 0.15) is 89.2 Å². The quantitative estimate of drug-likeness (QED) is 0.439. The van der Waals surface area contributed by atoms with Crippen LogP contribution >= 0.6 is 0 Å². The zero-order chi connectivity index (χ0) is 23.8. The monoisotopic (exact) mass is 464 g/mol. The molecule has 5 aliphatic carbocycles. The lowest BCUT2D eigenvalue weighted by Crippen LogP contribution is -2.36. The highest BCUT2D eigenvalue weighted by atomic mass is 15.2. The standard InChI is InChI=1S/C33H40N2/c1-33(2)31-16-10-9-15-29(31)30-22-19-25(23-32(30)33)34-24-17-20-28(21-18-24)35(26-11-5-3-6-12-26)27-13-7-4-8-14-27/h3,5,7,9,11,13,15,19-20,22-24,27,34H,4,6,8,10,12,14,16-18,21H2,1-2H3. The number of nitrogens with zero attached hydrogens (tertiary/aromatic N) is 1. The van der Waals surface area contributed by atoms with E-state index < -0.39 is 0 Å². The Morgan fingerprint density at radius 2 is 1.86 bits per heavy atom. The Hall–Kier alpha value is -2.74. The molecule has 0 saturated heterocycles. The second-order valence-electron chi connectivity index (χ2n) is 11.5. The molecule has 1 aromatic rings. The SMILES string of the molecule is CC1(C)C2=C(C=CCC2)c2ccc(NC3CC=C(N(C4=CC=CCC4)C4C=CCCC4)CC3)cc21. The van der Waals surface area contributed by atoms with Crippen LogP contribution in [0.4, 0.5) is 5.69 Å². The van der Waals surface area contributed by atoms with Crippen molar-refractivity contribution in [2.75, 3.05) is 5.32 Å². The first-order chi connectivity index (χ1) is 17.1. The van der Waals surface area contributed by atoms with E-state index in [-0.39, 0.29) is 5.41 Å². The predicted molar refractivity (Wildman–Crippen MR) is 149 cm³/mol. The molecule has 0 saturated carbocycles. The van der Waals surface area contributed by atoms with E-state index in [1.54, 1.807) is 11.3 Å². The number of anilines is 1. The highest BCUT2D eigenvalue weighted by Gasteiger charge is 2.37. The highest BCUT2D eigenvalue weighted by molar-refractivity contribution is 5.87. The van der Waals surface area contributed by atoms with Crippen molar-refractivity contribution in [2.45, 2.75) is 95.6 Å². The van der Waals surface area contributed by atoms with E-state index in [9.17, 15) is 0 Å². The Morgan fingerprint density at radius 3 is 2.63 bits per heavy atom. The summed E-state index contributed by atoms with van der Waals surface area (Å²) in [6.07, 6.45) is 31.0. The lowest BCUT2D eigenvalue weighted by molar-refractivity contribution is 0.302. The van der Waals surface area contributed by atoms with Crippen molar-refractivity contribution >= 4 is 11.3 Å². The third-order valence-electron chi connectivity index (χ3n) is 8.84. The lowest BCUT2D eigenvalue weighted by atomic mass is 9.78. The molecule has 1 aromatic carbocycles. The zero-order valence-electron chi connectivity index (χ0n) is 21.5. The molecule has 1 N–H and O–H groups in total. The summed E-state index contributed by atoms with van der Waals surface area (Å²) in [6.45, 7) is 4.83. The maximum Gasteiger partial charge on any atom is 0.0515 e. The minimum absolute atomic E-state index is 0.142. The summed E-state index contributed by atoms with van der Waals surface area (Å²) in [5.41, 5.74) is 10.5. The number of rotatable bonds is 5. The van der Waals surface area contributed by atoms with Gasteiger partial charge in [-0.05, 0) is 99.1 Å². The molecule has 6 rings (SSSR count). The van der Waals surface area contributed by atoms with Crippen LogP contribution in [0.2, 0.25) is 0 Å². The van der Waals surface area contributed by atoms with E-state index in [1.807, 2.05) is 0 Å². The molecule has 0 spiro atoms. The highest BCUT2D eigenvalue weighted by Crippen LogP contribution is 2.50. The molecule has 0 aliphatic heterocycles. The first-order valence-electron chi connectivity index (χ1n) is 13.9. The summed E-state index contributed by atoms with van der Waals surface area (Å²) in [7, 11) is 0. The molecule has 5 aliphatic rings. The van der Waals surface area contributed by atoms with Gasteiger partial charge in [0.1, 0.15) is 0 Å². The van der Waals surface area contributed by atoms with Crippen LogP contribution in [-0.4, -0.2) is 17.0 Å². The van der Waals surface area contributed by atoms with E-state index in [4.69, 9.17) is 0 Å². The second-order valence-corrected chi connectivity index (χ2v) is 11.5. The first-order valence-corrected chi connectivity index (χ1v) is 13.9. The van der Waals surface area contributed by atoms with Gasteiger partial charge in [-0.2, -0.15) is 0 Å². The second kappa shape index (κ2) is 9.37.